The van der Waals surface area contributed by atoms with E-state index in [2.05, 4.69) is 32.8 Å². The summed E-state index contributed by atoms with van der Waals surface area (Å²) in [4.78, 5) is 0. The Bertz CT molecular complexity index is 597. The summed E-state index contributed by atoms with van der Waals surface area (Å²) in [5, 5.41) is 15.2. The molecule has 0 radical (unpaired) electrons. The van der Waals surface area contributed by atoms with E-state index in [1.165, 1.54) is 0 Å². The molecule has 20 heavy (non-hydrogen) atoms. The summed E-state index contributed by atoms with van der Waals surface area (Å²) >= 11 is 0. The van der Waals surface area contributed by atoms with Crippen LogP contribution in [0.3, 0.4) is 0 Å². The van der Waals surface area contributed by atoms with Crippen molar-refractivity contribution in [2.24, 2.45) is 5.92 Å². The lowest BCUT2D eigenvalue weighted by molar-refractivity contribution is 0.425. The molecule has 0 atom stereocenters. The van der Waals surface area contributed by atoms with E-state index in [4.69, 9.17) is 0 Å². The number of hydrogen-bond acceptors (Lipinski definition) is 2. The van der Waals surface area contributed by atoms with Crippen LogP contribution < -0.4 is 0 Å². The molecule has 1 aromatic heterocycles. The highest BCUT2D eigenvalue weighted by Gasteiger charge is 2.21. The molecule has 1 N–H and O–H groups in total. The van der Waals surface area contributed by atoms with Crippen molar-refractivity contribution in [1.82, 2.24) is 9.78 Å². The van der Waals surface area contributed by atoms with Crippen LogP contribution in [-0.4, -0.2) is 14.9 Å². The summed E-state index contributed by atoms with van der Waals surface area (Å²) in [7, 11) is 0. The fourth-order valence-corrected chi connectivity index (χ4v) is 2.53. The topological polar surface area (TPSA) is 38.0 Å². The van der Waals surface area contributed by atoms with E-state index < -0.39 is 0 Å². The Morgan fingerprint density at radius 3 is 2.45 bits per heavy atom. The maximum absolute atomic E-state index is 10.5. The van der Waals surface area contributed by atoms with Crippen molar-refractivity contribution in [3.8, 4) is 11.6 Å². The zero-order valence-corrected chi connectivity index (χ0v) is 13.0. The monoisotopic (exact) mass is 272 g/mol. The van der Waals surface area contributed by atoms with Gasteiger partial charge in [0, 0.05) is 5.56 Å². The van der Waals surface area contributed by atoms with Crippen molar-refractivity contribution in [2.75, 3.05) is 0 Å². The molecule has 0 unspecified atom stereocenters. The molecule has 0 fully saturated rings. The van der Waals surface area contributed by atoms with Crippen LogP contribution in [0.5, 0.6) is 5.88 Å². The van der Waals surface area contributed by atoms with Crippen LogP contribution >= 0.6 is 0 Å². The van der Waals surface area contributed by atoms with Gasteiger partial charge in [-0.1, -0.05) is 39.8 Å². The van der Waals surface area contributed by atoms with Crippen molar-refractivity contribution < 1.29 is 5.11 Å². The van der Waals surface area contributed by atoms with Crippen LogP contribution in [0.25, 0.3) is 5.69 Å². The summed E-state index contributed by atoms with van der Waals surface area (Å²) in [6.07, 6.45) is 0.889. The third-order valence-electron chi connectivity index (χ3n) is 3.40. The zero-order chi connectivity index (χ0) is 14.9. The first kappa shape index (κ1) is 14.6. The predicted molar refractivity (Wildman–Crippen MR) is 82.6 cm³/mol. The third kappa shape index (κ3) is 2.87. The summed E-state index contributed by atoms with van der Waals surface area (Å²) < 4.78 is 1.67. The fourth-order valence-electron chi connectivity index (χ4n) is 2.53. The smallest absolute Gasteiger partial charge is 0.217 e. The van der Waals surface area contributed by atoms with Crippen molar-refractivity contribution in [2.45, 2.75) is 47.0 Å². The molecule has 2 aromatic rings. The Hall–Kier alpha value is -1.77. The summed E-state index contributed by atoms with van der Waals surface area (Å²) in [6, 6.07) is 8.05. The van der Waals surface area contributed by atoms with Gasteiger partial charge in [-0.15, -0.1) is 0 Å². The Kier molecular flexibility index (Phi) is 4.17. The first-order chi connectivity index (χ1) is 9.40. The minimum Gasteiger partial charge on any atom is -0.493 e. The van der Waals surface area contributed by atoms with Crippen LogP contribution in [0, 0.1) is 12.8 Å². The van der Waals surface area contributed by atoms with Gasteiger partial charge in [0.15, 0.2) is 0 Å². The molecule has 0 amide bonds. The second kappa shape index (κ2) is 5.70. The molecule has 0 aliphatic carbocycles. The van der Waals surface area contributed by atoms with E-state index in [-0.39, 0.29) is 11.8 Å². The predicted octanol–water partition coefficient (Wildman–Crippen LogP) is 4.21. The van der Waals surface area contributed by atoms with E-state index >= 15 is 0 Å². The van der Waals surface area contributed by atoms with E-state index in [1.807, 2.05) is 31.2 Å². The molecule has 0 aliphatic rings. The lowest BCUT2D eigenvalue weighted by Crippen LogP contribution is -2.01. The van der Waals surface area contributed by atoms with Crippen LogP contribution in [0.15, 0.2) is 24.3 Å². The Morgan fingerprint density at radius 1 is 1.20 bits per heavy atom. The Labute approximate surface area is 121 Å². The standard InChI is InChI=1S/C17H24N2O/c1-11(2)9-15-16(12(3)4)17(20)19(18-15)14-8-6-7-13(5)10-14/h6-8,10-12,20H,9H2,1-5H3. The highest BCUT2D eigenvalue weighted by Crippen LogP contribution is 2.32. The van der Waals surface area contributed by atoms with E-state index in [0.717, 1.165) is 28.9 Å². The minimum absolute atomic E-state index is 0.266. The Morgan fingerprint density at radius 2 is 1.90 bits per heavy atom. The molecule has 0 aliphatic heterocycles. The molecular formula is C17H24N2O. The molecule has 3 nitrogen and oxygen atoms in total. The average molecular weight is 272 g/mol. The van der Waals surface area contributed by atoms with Crippen LogP contribution in [0.1, 0.15) is 50.4 Å². The summed E-state index contributed by atoms with van der Waals surface area (Å²) in [5.74, 6) is 1.07. The second-order valence-corrected chi connectivity index (χ2v) is 6.19. The van der Waals surface area contributed by atoms with Crippen LogP contribution in [-0.2, 0) is 6.42 Å². The third-order valence-corrected chi connectivity index (χ3v) is 3.40. The largest absolute Gasteiger partial charge is 0.493 e. The van der Waals surface area contributed by atoms with Gasteiger partial charge in [-0.2, -0.15) is 5.10 Å². The average Bonchev–Trinajstić information content (AvgIpc) is 2.65. The van der Waals surface area contributed by atoms with Gasteiger partial charge in [0.05, 0.1) is 11.4 Å². The number of aromatic nitrogens is 2. The Balaban J connectivity index is 2.55. The second-order valence-electron chi connectivity index (χ2n) is 6.19. The molecular weight excluding hydrogens is 248 g/mol. The number of nitrogens with zero attached hydrogens (tertiary/aromatic N) is 2. The molecule has 0 saturated heterocycles. The van der Waals surface area contributed by atoms with Gasteiger partial charge in [-0.25, -0.2) is 4.68 Å². The maximum atomic E-state index is 10.5. The van der Waals surface area contributed by atoms with Gasteiger partial charge >= 0.3 is 0 Å². The number of hydrogen-bond donors (Lipinski definition) is 1. The minimum atomic E-state index is 0.266. The summed E-state index contributed by atoms with van der Waals surface area (Å²) in [6.45, 7) is 10.6. The first-order valence-electron chi connectivity index (χ1n) is 7.28. The SMILES string of the molecule is Cc1cccc(-n2nc(CC(C)C)c(C(C)C)c2O)c1. The van der Waals surface area contributed by atoms with Gasteiger partial charge in [-0.3, -0.25) is 0 Å². The lowest BCUT2D eigenvalue weighted by Gasteiger charge is -2.08. The van der Waals surface area contributed by atoms with Gasteiger partial charge < -0.3 is 5.11 Å². The number of aromatic hydroxyl groups is 1. The number of rotatable bonds is 4. The molecule has 1 aromatic carbocycles. The molecule has 1 heterocycles. The maximum Gasteiger partial charge on any atom is 0.217 e. The summed E-state index contributed by atoms with van der Waals surface area (Å²) in [5.41, 5.74) is 4.06. The molecule has 0 spiro atoms. The van der Waals surface area contributed by atoms with Crippen LogP contribution in [0.2, 0.25) is 0 Å². The molecule has 108 valence electrons. The normalized spacial score (nSPS) is 11.6. The molecule has 0 bridgehead atoms. The highest BCUT2D eigenvalue weighted by molar-refractivity contribution is 5.43. The van der Waals surface area contributed by atoms with Gasteiger partial charge in [0.25, 0.3) is 0 Å². The number of aryl methyl sites for hydroxylation is 1. The van der Waals surface area contributed by atoms with Gasteiger partial charge in [0.2, 0.25) is 5.88 Å². The molecule has 2 rings (SSSR count). The zero-order valence-electron chi connectivity index (χ0n) is 13.0. The quantitative estimate of drug-likeness (QED) is 0.905. The number of benzene rings is 1. The first-order valence-corrected chi connectivity index (χ1v) is 7.28. The van der Waals surface area contributed by atoms with Crippen molar-refractivity contribution >= 4 is 0 Å². The molecule has 3 heteroatoms. The lowest BCUT2D eigenvalue weighted by atomic mass is 9.98. The van der Waals surface area contributed by atoms with Crippen molar-refractivity contribution in [3.63, 3.8) is 0 Å². The van der Waals surface area contributed by atoms with E-state index in [0.29, 0.717) is 5.92 Å². The van der Waals surface area contributed by atoms with Gasteiger partial charge in [-0.05, 0) is 42.9 Å². The van der Waals surface area contributed by atoms with Crippen molar-refractivity contribution in [1.29, 1.82) is 0 Å². The van der Waals surface area contributed by atoms with Crippen LogP contribution in [0.4, 0.5) is 0 Å². The van der Waals surface area contributed by atoms with Gasteiger partial charge in [0.1, 0.15) is 0 Å². The van der Waals surface area contributed by atoms with E-state index in [1.54, 1.807) is 4.68 Å². The molecule has 0 saturated carbocycles. The van der Waals surface area contributed by atoms with Crippen molar-refractivity contribution in [3.05, 3.63) is 41.1 Å². The fraction of sp³-hybridized carbons (Fsp3) is 0.471. The van der Waals surface area contributed by atoms with E-state index in [9.17, 15) is 5.11 Å². The highest BCUT2D eigenvalue weighted by atomic mass is 16.3.